The van der Waals surface area contributed by atoms with E-state index < -0.39 is 0 Å². The standard InChI is InChI=1S/C15H24N4/c1-11(2)13(7-16)9-19(3)8-12-4-5-14-15(6-12)18-10-17-14/h4-6,10-11,13H,7-9,16H2,1-3H3,(H,17,18). The second kappa shape index (κ2) is 6.17. The number of imidazole rings is 1. The number of fused-ring (bicyclic) bond motifs is 1. The van der Waals surface area contributed by atoms with Gasteiger partial charge in [-0.25, -0.2) is 4.98 Å². The van der Waals surface area contributed by atoms with Crippen molar-refractivity contribution in [1.29, 1.82) is 0 Å². The first kappa shape index (κ1) is 14.0. The molecule has 0 fully saturated rings. The summed E-state index contributed by atoms with van der Waals surface area (Å²) in [5.41, 5.74) is 9.26. The van der Waals surface area contributed by atoms with E-state index in [0.29, 0.717) is 11.8 Å². The summed E-state index contributed by atoms with van der Waals surface area (Å²) in [6.45, 7) is 7.21. The second-order valence-electron chi connectivity index (χ2n) is 5.69. The van der Waals surface area contributed by atoms with Gasteiger partial charge in [-0.3, -0.25) is 0 Å². The number of benzene rings is 1. The lowest BCUT2D eigenvalue weighted by Crippen LogP contribution is -2.32. The SMILES string of the molecule is CC(C)C(CN)CN(C)Cc1ccc2nc[nH]c2c1. The van der Waals surface area contributed by atoms with Crippen molar-refractivity contribution in [3.8, 4) is 0 Å². The van der Waals surface area contributed by atoms with Crippen LogP contribution in [0.5, 0.6) is 0 Å². The summed E-state index contributed by atoms with van der Waals surface area (Å²) in [7, 11) is 2.15. The van der Waals surface area contributed by atoms with Gasteiger partial charge in [-0.2, -0.15) is 0 Å². The van der Waals surface area contributed by atoms with Crippen LogP contribution in [0.25, 0.3) is 11.0 Å². The minimum atomic E-state index is 0.556. The average molecular weight is 260 g/mol. The van der Waals surface area contributed by atoms with Crippen molar-refractivity contribution < 1.29 is 0 Å². The number of hydrogen-bond acceptors (Lipinski definition) is 3. The van der Waals surface area contributed by atoms with E-state index in [9.17, 15) is 0 Å². The van der Waals surface area contributed by atoms with Crippen molar-refractivity contribution in [2.75, 3.05) is 20.1 Å². The van der Waals surface area contributed by atoms with Crippen molar-refractivity contribution in [2.45, 2.75) is 20.4 Å². The zero-order valence-corrected chi connectivity index (χ0v) is 12.1. The molecule has 4 heteroatoms. The van der Waals surface area contributed by atoms with Gasteiger partial charge in [0.25, 0.3) is 0 Å². The highest BCUT2D eigenvalue weighted by molar-refractivity contribution is 5.74. The Bertz CT molecular complexity index is 518. The fraction of sp³-hybridized carbons (Fsp3) is 0.533. The van der Waals surface area contributed by atoms with Gasteiger partial charge in [0, 0.05) is 13.1 Å². The predicted octanol–water partition coefficient (Wildman–Crippen LogP) is 2.23. The summed E-state index contributed by atoms with van der Waals surface area (Å²) in [4.78, 5) is 9.73. The van der Waals surface area contributed by atoms with E-state index in [2.05, 4.69) is 54.0 Å². The first-order valence-corrected chi connectivity index (χ1v) is 6.90. The Morgan fingerprint density at radius 2 is 2.16 bits per heavy atom. The third-order valence-corrected chi connectivity index (χ3v) is 3.73. The van der Waals surface area contributed by atoms with Gasteiger partial charge in [0.05, 0.1) is 17.4 Å². The Labute approximate surface area is 115 Å². The molecule has 0 saturated heterocycles. The van der Waals surface area contributed by atoms with Crippen LogP contribution < -0.4 is 5.73 Å². The lowest BCUT2D eigenvalue weighted by molar-refractivity contribution is 0.234. The van der Waals surface area contributed by atoms with Crippen LogP contribution in [0.3, 0.4) is 0 Å². The molecule has 2 rings (SSSR count). The van der Waals surface area contributed by atoms with Crippen molar-refractivity contribution in [3.63, 3.8) is 0 Å². The number of rotatable bonds is 6. The van der Waals surface area contributed by atoms with Crippen molar-refractivity contribution in [2.24, 2.45) is 17.6 Å². The highest BCUT2D eigenvalue weighted by atomic mass is 15.1. The number of nitrogens with zero attached hydrogens (tertiary/aromatic N) is 2. The van der Waals surface area contributed by atoms with Gasteiger partial charge in [0.15, 0.2) is 0 Å². The maximum absolute atomic E-state index is 5.84. The third kappa shape index (κ3) is 3.55. The average Bonchev–Trinajstić information content (AvgIpc) is 2.82. The van der Waals surface area contributed by atoms with Crippen LogP contribution >= 0.6 is 0 Å². The quantitative estimate of drug-likeness (QED) is 0.837. The summed E-state index contributed by atoms with van der Waals surface area (Å²) in [6.07, 6.45) is 1.74. The summed E-state index contributed by atoms with van der Waals surface area (Å²) in [5.74, 6) is 1.18. The number of nitrogens with two attached hydrogens (primary N) is 1. The molecule has 2 aromatic rings. The fourth-order valence-corrected chi connectivity index (χ4v) is 2.42. The molecule has 0 bridgehead atoms. The van der Waals surface area contributed by atoms with Gasteiger partial charge in [0.1, 0.15) is 0 Å². The summed E-state index contributed by atoms with van der Waals surface area (Å²) < 4.78 is 0. The number of nitrogens with one attached hydrogen (secondary N) is 1. The molecule has 104 valence electrons. The molecule has 0 spiro atoms. The Hall–Kier alpha value is -1.39. The zero-order chi connectivity index (χ0) is 13.8. The molecule has 0 radical (unpaired) electrons. The number of hydrogen-bond donors (Lipinski definition) is 2. The monoisotopic (exact) mass is 260 g/mol. The highest BCUT2D eigenvalue weighted by Gasteiger charge is 2.14. The van der Waals surface area contributed by atoms with Gasteiger partial charge in [-0.1, -0.05) is 19.9 Å². The maximum Gasteiger partial charge on any atom is 0.0931 e. The Morgan fingerprint density at radius 3 is 2.84 bits per heavy atom. The van der Waals surface area contributed by atoms with Gasteiger partial charge in [-0.05, 0) is 43.1 Å². The summed E-state index contributed by atoms with van der Waals surface area (Å²) >= 11 is 0. The van der Waals surface area contributed by atoms with Crippen LogP contribution in [0.4, 0.5) is 0 Å². The molecule has 1 unspecified atom stereocenters. The lowest BCUT2D eigenvalue weighted by atomic mass is 9.95. The summed E-state index contributed by atoms with van der Waals surface area (Å²) in [6, 6.07) is 6.38. The van der Waals surface area contributed by atoms with Crippen LogP contribution in [0.1, 0.15) is 19.4 Å². The van der Waals surface area contributed by atoms with E-state index in [1.807, 2.05) is 0 Å². The van der Waals surface area contributed by atoms with E-state index in [-0.39, 0.29) is 0 Å². The van der Waals surface area contributed by atoms with Crippen molar-refractivity contribution >= 4 is 11.0 Å². The molecule has 1 heterocycles. The molecule has 3 N–H and O–H groups in total. The number of aromatic amines is 1. The van der Waals surface area contributed by atoms with E-state index in [1.54, 1.807) is 6.33 Å². The Morgan fingerprint density at radius 1 is 1.37 bits per heavy atom. The molecular formula is C15H24N4. The Kier molecular flexibility index (Phi) is 4.56. The molecule has 0 saturated carbocycles. The van der Waals surface area contributed by atoms with E-state index in [1.165, 1.54) is 5.56 Å². The predicted molar refractivity (Wildman–Crippen MR) is 79.8 cm³/mol. The van der Waals surface area contributed by atoms with E-state index >= 15 is 0 Å². The minimum Gasteiger partial charge on any atom is -0.345 e. The first-order valence-electron chi connectivity index (χ1n) is 6.90. The molecule has 1 aromatic carbocycles. The van der Waals surface area contributed by atoms with Crippen molar-refractivity contribution in [1.82, 2.24) is 14.9 Å². The van der Waals surface area contributed by atoms with E-state index in [4.69, 9.17) is 5.73 Å². The fourth-order valence-electron chi connectivity index (χ4n) is 2.42. The van der Waals surface area contributed by atoms with Crippen LogP contribution in [0.2, 0.25) is 0 Å². The largest absolute Gasteiger partial charge is 0.345 e. The third-order valence-electron chi connectivity index (χ3n) is 3.73. The van der Waals surface area contributed by atoms with Gasteiger partial charge < -0.3 is 15.6 Å². The minimum absolute atomic E-state index is 0.556. The van der Waals surface area contributed by atoms with Gasteiger partial charge in [-0.15, -0.1) is 0 Å². The van der Waals surface area contributed by atoms with E-state index in [0.717, 1.165) is 30.7 Å². The zero-order valence-electron chi connectivity index (χ0n) is 12.1. The highest BCUT2D eigenvalue weighted by Crippen LogP contribution is 2.15. The van der Waals surface area contributed by atoms with Gasteiger partial charge >= 0.3 is 0 Å². The van der Waals surface area contributed by atoms with Crippen LogP contribution in [0, 0.1) is 11.8 Å². The molecule has 19 heavy (non-hydrogen) atoms. The van der Waals surface area contributed by atoms with Crippen LogP contribution in [-0.2, 0) is 6.54 Å². The van der Waals surface area contributed by atoms with Crippen LogP contribution in [-0.4, -0.2) is 35.0 Å². The Balaban J connectivity index is 1.99. The molecular weight excluding hydrogens is 236 g/mol. The normalized spacial score (nSPS) is 13.6. The summed E-state index contributed by atoms with van der Waals surface area (Å²) in [5, 5.41) is 0. The van der Waals surface area contributed by atoms with Crippen molar-refractivity contribution in [3.05, 3.63) is 30.1 Å². The lowest BCUT2D eigenvalue weighted by Gasteiger charge is -2.25. The van der Waals surface area contributed by atoms with Crippen LogP contribution in [0.15, 0.2) is 24.5 Å². The smallest absolute Gasteiger partial charge is 0.0931 e. The number of aromatic nitrogens is 2. The maximum atomic E-state index is 5.84. The molecule has 0 aliphatic heterocycles. The molecule has 4 nitrogen and oxygen atoms in total. The van der Waals surface area contributed by atoms with Gasteiger partial charge in [0.2, 0.25) is 0 Å². The molecule has 0 amide bonds. The molecule has 1 atom stereocenters. The topological polar surface area (TPSA) is 57.9 Å². The first-order chi connectivity index (χ1) is 9.10. The molecule has 0 aliphatic rings. The molecule has 0 aliphatic carbocycles. The molecule has 1 aromatic heterocycles. The second-order valence-corrected chi connectivity index (χ2v) is 5.69. The number of H-pyrrole nitrogens is 1.